The van der Waals surface area contributed by atoms with E-state index in [0.717, 1.165) is 0 Å². The van der Waals surface area contributed by atoms with E-state index in [1.54, 1.807) is 36.1 Å². The minimum atomic E-state index is -0.554. The fourth-order valence-corrected chi connectivity index (χ4v) is 2.72. The Bertz CT molecular complexity index is 625. The maximum atomic E-state index is 12.6. The highest BCUT2D eigenvalue weighted by molar-refractivity contribution is 6.30. The topological polar surface area (TPSA) is 78.5 Å². The molecule has 1 aromatic rings. The van der Waals surface area contributed by atoms with Crippen molar-refractivity contribution in [3.8, 4) is 0 Å². The van der Waals surface area contributed by atoms with E-state index in [4.69, 9.17) is 11.6 Å². The molecular formula is C17H22ClN3O3. The highest BCUT2D eigenvalue weighted by Gasteiger charge is 2.25. The van der Waals surface area contributed by atoms with Crippen LogP contribution in [-0.2, 0) is 9.59 Å². The molecule has 2 rings (SSSR count). The molecule has 2 N–H and O–H groups in total. The lowest BCUT2D eigenvalue weighted by Crippen LogP contribution is -2.47. The largest absolute Gasteiger partial charge is 0.352 e. The van der Waals surface area contributed by atoms with Crippen LogP contribution in [-0.4, -0.2) is 47.1 Å². The zero-order chi connectivity index (χ0) is 17.7. The van der Waals surface area contributed by atoms with Crippen LogP contribution in [0.4, 0.5) is 5.69 Å². The van der Waals surface area contributed by atoms with Crippen molar-refractivity contribution in [1.29, 1.82) is 0 Å². The number of carbonyl (C=O) groups is 3. The Hall–Kier alpha value is -2.08. The van der Waals surface area contributed by atoms with E-state index < -0.39 is 5.38 Å². The number of nitrogens with zero attached hydrogens (tertiary/aromatic N) is 1. The summed E-state index contributed by atoms with van der Waals surface area (Å²) in [4.78, 5) is 37.1. The smallest absolute Gasteiger partial charge is 0.253 e. The zero-order valence-corrected chi connectivity index (χ0v) is 14.6. The fourth-order valence-electron chi connectivity index (χ4n) is 2.66. The molecule has 0 aliphatic carbocycles. The molecule has 1 heterocycles. The lowest BCUT2D eigenvalue weighted by atomic mass is 10.0. The van der Waals surface area contributed by atoms with Crippen LogP contribution < -0.4 is 10.6 Å². The summed E-state index contributed by atoms with van der Waals surface area (Å²) in [7, 11) is 0. The number of rotatable bonds is 4. The molecule has 1 unspecified atom stereocenters. The van der Waals surface area contributed by atoms with E-state index in [-0.39, 0.29) is 23.8 Å². The molecule has 0 bridgehead atoms. The third-order valence-corrected chi connectivity index (χ3v) is 4.12. The first-order chi connectivity index (χ1) is 11.4. The van der Waals surface area contributed by atoms with Gasteiger partial charge in [0.15, 0.2) is 0 Å². The lowest BCUT2D eigenvalue weighted by molar-refractivity contribution is -0.121. The Morgan fingerprint density at radius 1 is 1.25 bits per heavy atom. The Kier molecular flexibility index (Phi) is 6.20. The van der Waals surface area contributed by atoms with Crippen molar-refractivity contribution < 1.29 is 14.4 Å². The van der Waals surface area contributed by atoms with Gasteiger partial charge in [-0.15, -0.1) is 11.6 Å². The Morgan fingerprint density at radius 2 is 1.92 bits per heavy atom. The Balaban J connectivity index is 1.93. The molecule has 1 atom stereocenters. The van der Waals surface area contributed by atoms with Gasteiger partial charge in [-0.05, 0) is 38.0 Å². The van der Waals surface area contributed by atoms with Gasteiger partial charge in [0.2, 0.25) is 11.8 Å². The molecule has 1 fully saturated rings. The number of amides is 3. The van der Waals surface area contributed by atoms with Crippen molar-refractivity contribution in [2.45, 2.75) is 38.1 Å². The van der Waals surface area contributed by atoms with Crippen molar-refractivity contribution in [1.82, 2.24) is 10.2 Å². The van der Waals surface area contributed by atoms with E-state index in [2.05, 4.69) is 10.6 Å². The molecule has 0 radical (unpaired) electrons. The average Bonchev–Trinajstić information content (AvgIpc) is 2.54. The first-order valence-corrected chi connectivity index (χ1v) is 8.42. The number of hydrogen-bond donors (Lipinski definition) is 2. The van der Waals surface area contributed by atoms with Crippen molar-refractivity contribution in [2.24, 2.45) is 0 Å². The molecule has 1 aliphatic heterocycles. The van der Waals surface area contributed by atoms with Gasteiger partial charge in [0, 0.05) is 37.3 Å². The predicted octanol–water partition coefficient (Wildman–Crippen LogP) is 1.99. The van der Waals surface area contributed by atoms with Crippen LogP contribution in [0.3, 0.4) is 0 Å². The minimum Gasteiger partial charge on any atom is -0.352 e. The molecular weight excluding hydrogens is 330 g/mol. The maximum Gasteiger partial charge on any atom is 0.253 e. The number of benzene rings is 1. The molecule has 3 amide bonds. The number of hydrogen-bond acceptors (Lipinski definition) is 3. The molecule has 0 aromatic heterocycles. The van der Waals surface area contributed by atoms with Crippen LogP contribution in [0.25, 0.3) is 0 Å². The normalized spacial score (nSPS) is 16.4. The minimum absolute atomic E-state index is 0.0495. The van der Waals surface area contributed by atoms with Gasteiger partial charge in [-0.25, -0.2) is 0 Å². The van der Waals surface area contributed by atoms with Gasteiger partial charge in [-0.3, -0.25) is 14.4 Å². The standard InChI is InChI=1S/C17H22ClN3O3/c1-11(18)16(23)20-14-6-8-21(9-7-14)17(24)13-4-3-5-15(10-13)19-12(2)22/h3-5,10-11,14H,6-9H2,1-2H3,(H,19,22)(H,20,23). The van der Waals surface area contributed by atoms with Crippen molar-refractivity contribution in [3.05, 3.63) is 29.8 Å². The highest BCUT2D eigenvalue weighted by Crippen LogP contribution is 2.17. The van der Waals surface area contributed by atoms with Crippen molar-refractivity contribution >= 4 is 35.0 Å². The first-order valence-electron chi connectivity index (χ1n) is 7.98. The van der Waals surface area contributed by atoms with Crippen LogP contribution in [0, 0.1) is 0 Å². The highest BCUT2D eigenvalue weighted by atomic mass is 35.5. The quantitative estimate of drug-likeness (QED) is 0.814. The first kappa shape index (κ1) is 18.3. The monoisotopic (exact) mass is 351 g/mol. The molecule has 7 heteroatoms. The maximum absolute atomic E-state index is 12.6. The van der Waals surface area contributed by atoms with Crippen LogP contribution in [0.1, 0.15) is 37.0 Å². The summed E-state index contributed by atoms with van der Waals surface area (Å²) in [5, 5.41) is 5.01. The number of piperidine rings is 1. The lowest BCUT2D eigenvalue weighted by Gasteiger charge is -2.32. The summed E-state index contributed by atoms with van der Waals surface area (Å²) >= 11 is 5.75. The molecule has 24 heavy (non-hydrogen) atoms. The zero-order valence-electron chi connectivity index (χ0n) is 13.8. The summed E-state index contributed by atoms with van der Waals surface area (Å²) in [5.74, 6) is -0.424. The second kappa shape index (κ2) is 8.15. The summed E-state index contributed by atoms with van der Waals surface area (Å²) in [6.07, 6.45) is 1.40. The van der Waals surface area contributed by atoms with Crippen molar-refractivity contribution in [3.63, 3.8) is 0 Å². The van der Waals surface area contributed by atoms with Crippen LogP contribution in [0.5, 0.6) is 0 Å². The van der Waals surface area contributed by atoms with Crippen LogP contribution in [0.2, 0.25) is 0 Å². The second-order valence-electron chi connectivity index (χ2n) is 5.95. The van der Waals surface area contributed by atoms with E-state index in [1.807, 2.05) is 0 Å². The SMILES string of the molecule is CC(=O)Nc1cccc(C(=O)N2CCC(NC(=O)C(C)Cl)CC2)c1. The Labute approximate surface area is 146 Å². The van der Waals surface area contributed by atoms with Gasteiger partial charge >= 0.3 is 0 Å². The molecule has 1 saturated heterocycles. The van der Waals surface area contributed by atoms with Gasteiger partial charge in [-0.2, -0.15) is 0 Å². The fraction of sp³-hybridized carbons (Fsp3) is 0.471. The van der Waals surface area contributed by atoms with Gasteiger partial charge in [0.1, 0.15) is 5.38 Å². The van der Waals surface area contributed by atoms with Gasteiger partial charge in [-0.1, -0.05) is 6.07 Å². The van der Waals surface area contributed by atoms with Crippen molar-refractivity contribution in [2.75, 3.05) is 18.4 Å². The van der Waals surface area contributed by atoms with E-state index in [0.29, 0.717) is 37.2 Å². The molecule has 0 saturated carbocycles. The third-order valence-electron chi connectivity index (χ3n) is 3.92. The number of anilines is 1. The molecule has 130 valence electrons. The second-order valence-corrected chi connectivity index (χ2v) is 6.61. The van der Waals surface area contributed by atoms with Gasteiger partial charge < -0.3 is 15.5 Å². The van der Waals surface area contributed by atoms with Crippen LogP contribution in [0.15, 0.2) is 24.3 Å². The van der Waals surface area contributed by atoms with E-state index >= 15 is 0 Å². The number of carbonyl (C=O) groups excluding carboxylic acids is 3. The van der Waals surface area contributed by atoms with E-state index in [9.17, 15) is 14.4 Å². The average molecular weight is 352 g/mol. The summed E-state index contributed by atoms with van der Waals surface area (Å²) in [5.41, 5.74) is 1.14. The van der Waals surface area contributed by atoms with E-state index in [1.165, 1.54) is 6.92 Å². The third kappa shape index (κ3) is 4.96. The molecule has 1 aromatic carbocycles. The number of alkyl halides is 1. The number of halogens is 1. The number of likely N-dealkylation sites (tertiary alicyclic amines) is 1. The number of nitrogens with one attached hydrogen (secondary N) is 2. The predicted molar refractivity (Wildman–Crippen MR) is 93.1 cm³/mol. The molecule has 6 nitrogen and oxygen atoms in total. The summed E-state index contributed by atoms with van der Waals surface area (Å²) < 4.78 is 0. The summed E-state index contributed by atoms with van der Waals surface area (Å²) in [6, 6.07) is 6.94. The molecule has 1 aliphatic rings. The summed E-state index contributed by atoms with van der Waals surface area (Å²) in [6.45, 7) is 4.21. The molecule has 0 spiro atoms. The Morgan fingerprint density at radius 3 is 2.50 bits per heavy atom. The van der Waals surface area contributed by atoms with Crippen LogP contribution >= 0.6 is 11.6 Å². The van der Waals surface area contributed by atoms with Gasteiger partial charge in [0.05, 0.1) is 0 Å². The van der Waals surface area contributed by atoms with Gasteiger partial charge in [0.25, 0.3) is 5.91 Å².